The van der Waals surface area contributed by atoms with Gasteiger partial charge in [-0.15, -0.1) is 0 Å². The van der Waals surface area contributed by atoms with Crippen molar-refractivity contribution in [2.24, 2.45) is 5.92 Å². The summed E-state index contributed by atoms with van der Waals surface area (Å²) in [5.74, 6) is -4.71. The number of esters is 1. The highest BCUT2D eigenvalue weighted by Gasteiger charge is 2.37. The smallest absolute Gasteiger partial charge is 0.315 e. The van der Waals surface area contributed by atoms with E-state index in [4.69, 9.17) is 15.5 Å². The fraction of sp³-hybridized carbons (Fsp3) is 0.714. The number of nitrogens with zero attached hydrogens (tertiary/aromatic N) is 1. The topological polar surface area (TPSA) is 90.6 Å². The molecule has 1 unspecified atom stereocenters. The molecule has 0 fully saturated rings. The van der Waals surface area contributed by atoms with Crippen molar-refractivity contribution in [1.29, 1.82) is 5.26 Å². The first-order valence-electron chi connectivity index (χ1n) is 3.48. The average molecular weight is 173 g/mol. The Morgan fingerprint density at radius 1 is 1.75 bits per heavy atom. The Morgan fingerprint density at radius 2 is 2.25 bits per heavy atom. The molecule has 68 valence electrons. The normalized spacial score (nSPS) is 13.2. The van der Waals surface area contributed by atoms with E-state index in [9.17, 15) is 4.79 Å². The van der Waals surface area contributed by atoms with Gasteiger partial charge in [0.15, 0.2) is 0 Å². The first-order chi connectivity index (χ1) is 5.45. The Hall–Kier alpha value is -1.12. The van der Waals surface area contributed by atoms with Crippen LogP contribution in [0.15, 0.2) is 0 Å². The van der Waals surface area contributed by atoms with Crippen LogP contribution in [0.4, 0.5) is 0 Å². The number of rotatable bonds is 3. The predicted molar refractivity (Wildman–Crippen MR) is 38.6 cm³/mol. The molecule has 12 heavy (non-hydrogen) atoms. The fourth-order valence-corrected chi connectivity index (χ4v) is 0.528. The van der Waals surface area contributed by atoms with Gasteiger partial charge < -0.3 is 14.9 Å². The molecule has 2 N–H and O–H groups in total. The summed E-state index contributed by atoms with van der Waals surface area (Å²) in [4.78, 5) is 10.9. The Bertz CT molecular complexity index is 206. The summed E-state index contributed by atoms with van der Waals surface area (Å²) in [6.45, 7) is 2.94. The quantitative estimate of drug-likeness (QED) is 0.337. The lowest BCUT2D eigenvalue weighted by Gasteiger charge is -2.18. The molecule has 0 aromatic rings. The van der Waals surface area contributed by atoms with Crippen LogP contribution in [0.2, 0.25) is 0 Å². The third kappa shape index (κ3) is 2.49. The van der Waals surface area contributed by atoms with E-state index < -0.39 is 17.7 Å². The van der Waals surface area contributed by atoms with Crippen molar-refractivity contribution >= 4 is 5.97 Å². The van der Waals surface area contributed by atoms with Crippen molar-refractivity contribution in [2.75, 3.05) is 6.61 Å². The molecule has 1 atom stereocenters. The van der Waals surface area contributed by atoms with Crippen LogP contribution in [0.1, 0.15) is 13.8 Å². The van der Waals surface area contributed by atoms with Crippen LogP contribution < -0.4 is 0 Å². The Morgan fingerprint density at radius 3 is 2.58 bits per heavy atom. The van der Waals surface area contributed by atoms with Crippen LogP contribution >= 0.6 is 0 Å². The van der Waals surface area contributed by atoms with E-state index in [-0.39, 0.29) is 6.61 Å². The molecule has 0 radical (unpaired) electrons. The summed E-state index contributed by atoms with van der Waals surface area (Å²) in [5, 5.41) is 26.0. The van der Waals surface area contributed by atoms with Gasteiger partial charge in [0.1, 0.15) is 12.0 Å². The molecule has 0 rings (SSSR count). The molecular formula is C7H11NO4. The third-order valence-electron chi connectivity index (χ3n) is 1.41. The van der Waals surface area contributed by atoms with Crippen LogP contribution in [0.5, 0.6) is 0 Å². The minimum Gasteiger partial charge on any atom is -0.466 e. The zero-order valence-corrected chi connectivity index (χ0v) is 6.94. The fourth-order valence-electron chi connectivity index (χ4n) is 0.528. The zero-order valence-electron chi connectivity index (χ0n) is 6.94. The molecule has 0 aliphatic carbocycles. The van der Waals surface area contributed by atoms with Crippen molar-refractivity contribution < 1.29 is 19.7 Å². The number of ether oxygens (including phenoxy) is 1. The molecule has 0 aliphatic rings. The number of carbonyl (C=O) groups is 1. The van der Waals surface area contributed by atoms with Gasteiger partial charge in [-0.25, -0.2) is 0 Å². The lowest BCUT2D eigenvalue weighted by atomic mass is 10.0. The van der Waals surface area contributed by atoms with E-state index in [0.29, 0.717) is 0 Å². The number of hydrogen-bond acceptors (Lipinski definition) is 5. The lowest BCUT2D eigenvalue weighted by Crippen LogP contribution is -2.39. The second kappa shape index (κ2) is 4.04. The van der Waals surface area contributed by atoms with Crippen molar-refractivity contribution in [2.45, 2.75) is 19.6 Å². The van der Waals surface area contributed by atoms with E-state index in [0.717, 1.165) is 0 Å². The molecule has 0 aromatic heterocycles. The molecule has 0 saturated carbocycles. The molecule has 0 amide bonds. The number of nitriles is 1. The summed E-state index contributed by atoms with van der Waals surface area (Å²) in [5.41, 5.74) is 0. The highest BCUT2D eigenvalue weighted by atomic mass is 16.5. The summed E-state index contributed by atoms with van der Waals surface area (Å²) in [6.07, 6.45) is 0. The van der Waals surface area contributed by atoms with Gasteiger partial charge in [0.2, 0.25) is 0 Å². The van der Waals surface area contributed by atoms with Crippen LogP contribution in [0.25, 0.3) is 0 Å². The Balaban J connectivity index is 4.30. The van der Waals surface area contributed by atoms with Gasteiger partial charge in [0.25, 0.3) is 5.79 Å². The summed E-state index contributed by atoms with van der Waals surface area (Å²) in [7, 11) is 0. The predicted octanol–water partition coefficient (Wildman–Crippen LogP) is -0.610. The van der Waals surface area contributed by atoms with Gasteiger partial charge in [0.05, 0.1) is 6.61 Å². The minimum atomic E-state index is -2.65. The Kier molecular flexibility index (Phi) is 3.67. The van der Waals surface area contributed by atoms with E-state index in [2.05, 4.69) is 4.74 Å². The molecule has 5 heteroatoms. The monoisotopic (exact) mass is 173 g/mol. The standard InChI is InChI=1S/C7H11NO4/c1-3-12-6(9)5(2)7(10,11)4-8/h5,10-11H,3H2,1-2H3. The largest absolute Gasteiger partial charge is 0.466 e. The molecule has 0 spiro atoms. The van der Waals surface area contributed by atoms with E-state index in [1.165, 1.54) is 13.0 Å². The van der Waals surface area contributed by atoms with Gasteiger partial charge in [0, 0.05) is 0 Å². The van der Waals surface area contributed by atoms with Crippen LogP contribution in [0, 0.1) is 17.2 Å². The maximum absolute atomic E-state index is 10.9. The molecule has 0 bridgehead atoms. The maximum Gasteiger partial charge on any atom is 0.315 e. The first-order valence-corrected chi connectivity index (χ1v) is 3.48. The highest BCUT2D eigenvalue weighted by molar-refractivity contribution is 5.73. The van der Waals surface area contributed by atoms with Crippen molar-refractivity contribution in [3.63, 3.8) is 0 Å². The van der Waals surface area contributed by atoms with E-state index >= 15 is 0 Å². The van der Waals surface area contributed by atoms with Crippen molar-refractivity contribution in [3.05, 3.63) is 0 Å². The maximum atomic E-state index is 10.9. The number of aliphatic hydroxyl groups is 2. The molecular weight excluding hydrogens is 162 g/mol. The molecule has 0 aliphatic heterocycles. The lowest BCUT2D eigenvalue weighted by molar-refractivity contribution is -0.182. The van der Waals surface area contributed by atoms with Crippen LogP contribution in [-0.2, 0) is 9.53 Å². The van der Waals surface area contributed by atoms with E-state index in [1.54, 1.807) is 6.92 Å². The number of hydrogen-bond donors (Lipinski definition) is 2. The molecule has 5 nitrogen and oxygen atoms in total. The number of carbonyl (C=O) groups excluding carboxylic acids is 1. The zero-order chi connectivity index (χ0) is 9.78. The van der Waals surface area contributed by atoms with Crippen molar-refractivity contribution in [3.8, 4) is 6.07 Å². The second-order valence-electron chi connectivity index (χ2n) is 2.31. The summed E-state index contributed by atoms with van der Waals surface area (Å²) in [6, 6.07) is 1.19. The SMILES string of the molecule is CCOC(=O)C(C)C(O)(O)C#N. The second-order valence-corrected chi connectivity index (χ2v) is 2.31. The molecule has 0 aromatic carbocycles. The van der Waals surface area contributed by atoms with Gasteiger partial charge in [-0.1, -0.05) is 0 Å². The van der Waals surface area contributed by atoms with Gasteiger partial charge in [-0.3, -0.25) is 4.79 Å². The molecule has 0 saturated heterocycles. The van der Waals surface area contributed by atoms with E-state index in [1.807, 2.05) is 0 Å². The Labute approximate surface area is 70.2 Å². The first kappa shape index (κ1) is 10.9. The average Bonchev–Trinajstić information content (AvgIpc) is 2.03. The van der Waals surface area contributed by atoms with Gasteiger partial charge >= 0.3 is 5.97 Å². The van der Waals surface area contributed by atoms with Crippen molar-refractivity contribution in [1.82, 2.24) is 0 Å². The van der Waals surface area contributed by atoms with Crippen LogP contribution in [0.3, 0.4) is 0 Å². The minimum absolute atomic E-state index is 0.144. The third-order valence-corrected chi connectivity index (χ3v) is 1.41. The van der Waals surface area contributed by atoms with Gasteiger partial charge in [-0.05, 0) is 13.8 Å². The highest BCUT2D eigenvalue weighted by Crippen LogP contribution is 2.14. The van der Waals surface area contributed by atoms with Gasteiger partial charge in [-0.2, -0.15) is 5.26 Å². The molecule has 0 heterocycles. The summed E-state index contributed by atoms with van der Waals surface area (Å²) >= 11 is 0. The van der Waals surface area contributed by atoms with Crippen LogP contribution in [-0.4, -0.2) is 28.6 Å². The summed E-state index contributed by atoms with van der Waals surface area (Å²) < 4.78 is 4.48.